The molecule has 2 rings (SSSR count). The monoisotopic (exact) mass is 254 g/mol. The van der Waals surface area contributed by atoms with Crippen molar-refractivity contribution in [3.8, 4) is 0 Å². The Morgan fingerprint density at radius 2 is 2.06 bits per heavy atom. The molecule has 3 N–H and O–H groups in total. The van der Waals surface area contributed by atoms with Crippen molar-refractivity contribution >= 4 is 22.5 Å². The summed E-state index contributed by atoms with van der Waals surface area (Å²) in [4.78, 5) is 19.5. The van der Waals surface area contributed by atoms with Crippen LogP contribution in [0.3, 0.4) is 0 Å². The molecule has 1 fully saturated rings. The Morgan fingerprint density at radius 3 is 2.65 bits per heavy atom. The van der Waals surface area contributed by atoms with E-state index in [1.54, 1.807) is 0 Å². The van der Waals surface area contributed by atoms with Crippen LogP contribution < -0.4 is 11.1 Å². The number of aromatic nitrogens is 2. The van der Waals surface area contributed by atoms with Crippen LogP contribution in [0.1, 0.15) is 23.3 Å². The number of nitrogen functional groups attached to an aromatic ring is 1. The minimum atomic E-state index is -0.719. The lowest BCUT2D eigenvalue weighted by Crippen LogP contribution is -2.39. The van der Waals surface area contributed by atoms with Crippen LogP contribution in [0, 0.1) is 0 Å². The molecule has 1 aliphatic heterocycles. The molecular formula is C10H14N4O2S. The summed E-state index contributed by atoms with van der Waals surface area (Å²) in [6, 6.07) is 0.0829. The Labute approximate surface area is 101 Å². The average Bonchev–Trinajstić information content (AvgIpc) is 2.33. The molecule has 1 saturated heterocycles. The molecule has 0 atom stereocenters. The molecule has 17 heavy (non-hydrogen) atoms. The first-order valence-electron chi connectivity index (χ1n) is 5.38. The number of anilines is 1. The molecule has 92 valence electrons. The fourth-order valence-electron chi connectivity index (χ4n) is 1.65. The van der Waals surface area contributed by atoms with Gasteiger partial charge in [-0.25, -0.2) is 9.97 Å². The van der Waals surface area contributed by atoms with Gasteiger partial charge < -0.3 is 11.1 Å². The standard InChI is InChI=1S/C10H14N4O2S/c11-9-6-12-8(5-13-9)10(15)14-7-1-3-17(16)4-2-7/h5-7H,1-4H2,(H2,11,13)(H,14,15). The van der Waals surface area contributed by atoms with Crippen LogP contribution in [-0.2, 0) is 10.8 Å². The first kappa shape index (κ1) is 12.0. The third-order valence-electron chi connectivity index (χ3n) is 2.63. The van der Waals surface area contributed by atoms with E-state index in [0.29, 0.717) is 11.5 Å². The van der Waals surface area contributed by atoms with E-state index in [1.807, 2.05) is 0 Å². The van der Waals surface area contributed by atoms with Gasteiger partial charge in [0.05, 0.1) is 12.4 Å². The molecule has 0 aliphatic carbocycles. The number of hydrogen-bond donors (Lipinski definition) is 2. The average molecular weight is 254 g/mol. The Morgan fingerprint density at radius 1 is 1.35 bits per heavy atom. The molecule has 7 heteroatoms. The summed E-state index contributed by atoms with van der Waals surface area (Å²) < 4.78 is 11.2. The Balaban J connectivity index is 1.93. The van der Waals surface area contributed by atoms with Crippen molar-refractivity contribution in [3.63, 3.8) is 0 Å². The third kappa shape index (κ3) is 3.23. The van der Waals surface area contributed by atoms with Crippen molar-refractivity contribution in [1.29, 1.82) is 0 Å². The molecule has 1 amide bonds. The molecule has 1 aromatic heterocycles. The van der Waals surface area contributed by atoms with Crippen LogP contribution in [0.4, 0.5) is 5.82 Å². The second-order valence-electron chi connectivity index (χ2n) is 3.92. The van der Waals surface area contributed by atoms with Gasteiger partial charge in [0.2, 0.25) is 0 Å². The lowest BCUT2D eigenvalue weighted by Gasteiger charge is -2.22. The third-order valence-corrected chi connectivity index (χ3v) is 4.01. The summed E-state index contributed by atoms with van der Waals surface area (Å²) >= 11 is 0. The number of nitrogens with zero attached hydrogens (tertiary/aromatic N) is 2. The normalized spacial score (nSPS) is 24.2. The van der Waals surface area contributed by atoms with E-state index in [2.05, 4.69) is 15.3 Å². The summed E-state index contributed by atoms with van der Waals surface area (Å²) in [6.45, 7) is 0. The lowest BCUT2D eigenvalue weighted by atomic mass is 10.1. The van der Waals surface area contributed by atoms with Crippen LogP contribution in [-0.4, -0.2) is 37.6 Å². The van der Waals surface area contributed by atoms with Crippen LogP contribution >= 0.6 is 0 Å². The maximum atomic E-state index is 11.8. The maximum Gasteiger partial charge on any atom is 0.271 e. The van der Waals surface area contributed by atoms with E-state index >= 15 is 0 Å². The molecule has 1 aromatic rings. The number of carbonyl (C=O) groups excluding carboxylic acids is 1. The molecule has 0 aromatic carbocycles. The number of hydrogen-bond acceptors (Lipinski definition) is 5. The van der Waals surface area contributed by atoms with Crippen LogP contribution in [0.2, 0.25) is 0 Å². The van der Waals surface area contributed by atoms with Crippen molar-refractivity contribution < 1.29 is 9.00 Å². The van der Waals surface area contributed by atoms with Gasteiger partial charge in [0.25, 0.3) is 5.91 Å². The fourth-order valence-corrected chi connectivity index (χ4v) is 2.95. The van der Waals surface area contributed by atoms with Crippen molar-refractivity contribution in [2.24, 2.45) is 0 Å². The molecular weight excluding hydrogens is 240 g/mol. The van der Waals surface area contributed by atoms with Crippen LogP contribution in [0.15, 0.2) is 12.4 Å². The number of nitrogens with one attached hydrogen (secondary N) is 1. The minimum absolute atomic E-state index is 0.0829. The van der Waals surface area contributed by atoms with Gasteiger partial charge in [-0.15, -0.1) is 0 Å². The van der Waals surface area contributed by atoms with Gasteiger partial charge in [-0.1, -0.05) is 0 Å². The molecule has 0 saturated carbocycles. The van der Waals surface area contributed by atoms with Gasteiger partial charge >= 0.3 is 0 Å². The summed E-state index contributed by atoms with van der Waals surface area (Å²) in [5.74, 6) is 1.33. The van der Waals surface area contributed by atoms with Crippen LogP contribution in [0.5, 0.6) is 0 Å². The summed E-state index contributed by atoms with van der Waals surface area (Å²) in [5, 5.41) is 2.86. The number of nitrogens with two attached hydrogens (primary N) is 1. The smallest absolute Gasteiger partial charge is 0.271 e. The topological polar surface area (TPSA) is 98.0 Å². The zero-order valence-electron chi connectivity index (χ0n) is 9.26. The number of carbonyl (C=O) groups is 1. The predicted molar refractivity (Wildman–Crippen MR) is 64.8 cm³/mol. The summed E-state index contributed by atoms with van der Waals surface area (Å²) in [6.07, 6.45) is 4.21. The quantitative estimate of drug-likeness (QED) is 0.755. The van der Waals surface area contributed by atoms with E-state index in [0.717, 1.165) is 12.8 Å². The molecule has 0 spiro atoms. The Hall–Kier alpha value is -1.50. The molecule has 1 aliphatic rings. The van der Waals surface area contributed by atoms with Crippen molar-refractivity contribution in [1.82, 2.24) is 15.3 Å². The molecule has 6 nitrogen and oxygen atoms in total. The van der Waals surface area contributed by atoms with Crippen molar-refractivity contribution in [2.75, 3.05) is 17.2 Å². The van der Waals surface area contributed by atoms with E-state index in [-0.39, 0.29) is 23.5 Å². The van der Waals surface area contributed by atoms with Gasteiger partial charge in [-0.2, -0.15) is 0 Å². The van der Waals surface area contributed by atoms with E-state index in [4.69, 9.17) is 5.73 Å². The van der Waals surface area contributed by atoms with E-state index in [9.17, 15) is 9.00 Å². The number of amides is 1. The molecule has 0 unspecified atom stereocenters. The van der Waals surface area contributed by atoms with Gasteiger partial charge in [0, 0.05) is 28.3 Å². The largest absolute Gasteiger partial charge is 0.382 e. The SMILES string of the molecule is Nc1cnc(C(=O)NC2CCS(=O)CC2)cn1. The minimum Gasteiger partial charge on any atom is -0.382 e. The molecule has 0 bridgehead atoms. The summed E-state index contributed by atoms with van der Waals surface area (Å²) in [5.41, 5.74) is 5.64. The Bertz CT molecular complexity index is 424. The lowest BCUT2D eigenvalue weighted by molar-refractivity contribution is 0.0929. The zero-order valence-corrected chi connectivity index (χ0v) is 10.1. The van der Waals surface area contributed by atoms with Crippen molar-refractivity contribution in [2.45, 2.75) is 18.9 Å². The van der Waals surface area contributed by atoms with Gasteiger partial charge in [0.1, 0.15) is 11.5 Å². The Kier molecular flexibility index (Phi) is 3.68. The molecule has 2 heterocycles. The van der Waals surface area contributed by atoms with E-state index in [1.165, 1.54) is 12.4 Å². The zero-order chi connectivity index (χ0) is 12.3. The van der Waals surface area contributed by atoms with Crippen molar-refractivity contribution in [3.05, 3.63) is 18.1 Å². The number of rotatable bonds is 2. The van der Waals surface area contributed by atoms with Gasteiger partial charge in [-0.05, 0) is 12.8 Å². The predicted octanol–water partition coefficient (Wildman–Crippen LogP) is -0.300. The highest BCUT2D eigenvalue weighted by atomic mass is 32.2. The summed E-state index contributed by atoms with van der Waals surface area (Å²) in [7, 11) is -0.719. The van der Waals surface area contributed by atoms with Crippen LogP contribution in [0.25, 0.3) is 0 Å². The maximum absolute atomic E-state index is 11.8. The first-order valence-corrected chi connectivity index (χ1v) is 6.87. The molecule has 0 radical (unpaired) electrons. The second-order valence-corrected chi connectivity index (χ2v) is 5.62. The highest BCUT2D eigenvalue weighted by Gasteiger charge is 2.20. The highest BCUT2D eigenvalue weighted by Crippen LogP contribution is 2.09. The second kappa shape index (κ2) is 5.22. The van der Waals surface area contributed by atoms with E-state index < -0.39 is 10.8 Å². The van der Waals surface area contributed by atoms with Gasteiger partial charge in [-0.3, -0.25) is 9.00 Å². The highest BCUT2D eigenvalue weighted by molar-refractivity contribution is 7.85. The first-order chi connectivity index (χ1) is 8.15. The fraction of sp³-hybridized carbons (Fsp3) is 0.500. The van der Waals surface area contributed by atoms with Gasteiger partial charge in [0.15, 0.2) is 0 Å².